The second-order valence-electron chi connectivity index (χ2n) is 6.25. The smallest absolute Gasteiger partial charge is 0.257 e. The summed E-state index contributed by atoms with van der Waals surface area (Å²) in [5, 5.41) is 3.05. The number of nitrogens with zero attached hydrogens (tertiary/aromatic N) is 3. The van der Waals surface area contributed by atoms with Gasteiger partial charge < -0.3 is 19.2 Å². The number of rotatable bonds is 5. The number of carbonyl (C=O) groups excluding carboxylic acids is 2. The van der Waals surface area contributed by atoms with E-state index in [1.807, 2.05) is 17.7 Å². The Morgan fingerprint density at radius 3 is 2.83 bits per heavy atom. The summed E-state index contributed by atoms with van der Waals surface area (Å²) in [6, 6.07) is 1.70. The summed E-state index contributed by atoms with van der Waals surface area (Å²) in [5.74, 6) is -0.00209. The van der Waals surface area contributed by atoms with Crippen LogP contribution in [0.15, 0.2) is 41.7 Å². The molecule has 1 atom stereocenters. The van der Waals surface area contributed by atoms with E-state index >= 15 is 0 Å². The van der Waals surface area contributed by atoms with Crippen molar-refractivity contribution >= 4 is 11.8 Å². The van der Waals surface area contributed by atoms with Gasteiger partial charge in [0, 0.05) is 44.0 Å². The summed E-state index contributed by atoms with van der Waals surface area (Å²) in [4.78, 5) is 30.4. The van der Waals surface area contributed by atoms with Gasteiger partial charge in [0.05, 0.1) is 18.2 Å². The number of piperidine rings is 1. The second kappa shape index (κ2) is 7.33. The van der Waals surface area contributed by atoms with Gasteiger partial charge in [-0.25, -0.2) is 4.98 Å². The summed E-state index contributed by atoms with van der Waals surface area (Å²) < 4.78 is 6.90. The molecule has 7 nitrogen and oxygen atoms in total. The van der Waals surface area contributed by atoms with Crippen molar-refractivity contribution in [2.24, 2.45) is 5.92 Å². The maximum atomic E-state index is 12.4. The topological polar surface area (TPSA) is 80.4 Å². The lowest BCUT2D eigenvalue weighted by molar-refractivity contribution is -0.127. The van der Waals surface area contributed by atoms with E-state index in [1.165, 1.54) is 12.5 Å². The quantitative estimate of drug-likeness (QED) is 0.901. The predicted octanol–water partition coefficient (Wildman–Crippen LogP) is 1.53. The summed E-state index contributed by atoms with van der Waals surface area (Å²) in [7, 11) is 0. The number of likely N-dealkylation sites (tertiary alicyclic amines) is 1. The fraction of sp³-hybridized carbons (Fsp3) is 0.471. The Balaban J connectivity index is 1.45. The molecular formula is C17H22N4O3. The molecule has 2 amide bonds. The average Bonchev–Trinajstić information content (AvgIpc) is 3.27. The number of hydrogen-bond acceptors (Lipinski definition) is 4. The number of aromatic nitrogens is 2. The zero-order chi connectivity index (χ0) is 16.9. The summed E-state index contributed by atoms with van der Waals surface area (Å²) in [6.45, 7) is 3.87. The van der Waals surface area contributed by atoms with Gasteiger partial charge >= 0.3 is 0 Å². The number of hydrogen-bond donors (Lipinski definition) is 1. The molecule has 2 aromatic heterocycles. The van der Waals surface area contributed by atoms with Crippen molar-refractivity contribution in [3.63, 3.8) is 0 Å². The van der Waals surface area contributed by atoms with Gasteiger partial charge in [-0.3, -0.25) is 9.59 Å². The van der Waals surface area contributed by atoms with Crippen molar-refractivity contribution in [2.45, 2.75) is 32.4 Å². The lowest BCUT2D eigenvalue weighted by Gasteiger charge is -2.31. The molecule has 3 heterocycles. The molecule has 1 fully saturated rings. The Kier molecular flexibility index (Phi) is 4.98. The lowest BCUT2D eigenvalue weighted by Crippen LogP contribution is -2.45. The first-order chi connectivity index (χ1) is 11.6. The standard InChI is InChI=1S/C17H22N4O3/c1-13(10-20-8-5-18-12-20)19-16(22)14-2-6-21(7-3-14)17(23)15-4-9-24-11-15/h4-5,8-9,11-14H,2-3,6-7,10H2,1H3,(H,19,22)/t13-/m1/s1. The van der Waals surface area contributed by atoms with Crippen LogP contribution in [0.2, 0.25) is 0 Å². The Labute approximate surface area is 140 Å². The highest BCUT2D eigenvalue weighted by atomic mass is 16.3. The van der Waals surface area contributed by atoms with E-state index in [1.54, 1.807) is 23.5 Å². The van der Waals surface area contributed by atoms with Crippen LogP contribution in [-0.2, 0) is 11.3 Å². The van der Waals surface area contributed by atoms with E-state index in [0.717, 1.165) is 0 Å². The zero-order valence-corrected chi connectivity index (χ0v) is 13.7. The van der Waals surface area contributed by atoms with Gasteiger partial charge in [-0.05, 0) is 25.8 Å². The molecular weight excluding hydrogens is 308 g/mol. The first kappa shape index (κ1) is 16.3. The second-order valence-corrected chi connectivity index (χ2v) is 6.25. The van der Waals surface area contributed by atoms with Crippen molar-refractivity contribution in [3.8, 4) is 0 Å². The van der Waals surface area contributed by atoms with Crippen molar-refractivity contribution < 1.29 is 14.0 Å². The average molecular weight is 330 g/mol. The number of furan rings is 1. The molecule has 7 heteroatoms. The van der Waals surface area contributed by atoms with Crippen LogP contribution >= 0.6 is 0 Å². The fourth-order valence-electron chi connectivity index (χ4n) is 3.03. The van der Waals surface area contributed by atoms with Gasteiger partial charge in [0.15, 0.2) is 0 Å². The highest BCUT2D eigenvalue weighted by Crippen LogP contribution is 2.19. The maximum absolute atomic E-state index is 12.4. The minimum absolute atomic E-state index is 0.0314. The van der Waals surface area contributed by atoms with Crippen LogP contribution in [0.25, 0.3) is 0 Å². The predicted molar refractivity (Wildman–Crippen MR) is 87.2 cm³/mol. The van der Waals surface area contributed by atoms with Crippen LogP contribution < -0.4 is 5.32 Å². The first-order valence-corrected chi connectivity index (χ1v) is 8.21. The van der Waals surface area contributed by atoms with Gasteiger partial charge in [0.2, 0.25) is 5.91 Å². The Hall–Kier alpha value is -2.57. The maximum Gasteiger partial charge on any atom is 0.257 e. The Bertz CT molecular complexity index is 658. The van der Waals surface area contributed by atoms with E-state index in [-0.39, 0.29) is 23.8 Å². The highest BCUT2D eigenvalue weighted by Gasteiger charge is 2.28. The van der Waals surface area contributed by atoms with Crippen molar-refractivity contribution in [1.82, 2.24) is 19.8 Å². The van der Waals surface area contributed by atoms with E-state index in [4.69, 9.17) is 4.42 Å². The molecule has 1 aliphatic rings. The number of nitrogens with one attached hydrogen (secondary N) is 1. The van der Waals surface area contributed by atoms with Gasteiger partial charge in [-0.2, -0.15) is 0 Å². The fourth-order valence-corrected chi connectivity index (χ4v) is 3.03. The Morgan fingerprint density at radius 1 is 1.42 bits per heavy atom. The summed E-state index contributed by atoms with van der Waals surface area (Å²) >= 11 is 0. The molecule has 0 bridgehead atoms. The minimum Gasteiger partial charge on any atom is -0.472 e. The molecule has 1 aliphatic heterocycles. The third-order valence-corrected chi connectivity index (χ3v) is 4.35. The monoisotopic (exact) mass is 330 g/mol. The minimum atomic E-state index is -0.0383. The number of imidazole rings is 1. The molecule has 0 unspecified atom stereocenters. The van der Waals surface area contributed by atoms with Crippen LogP contribution in [0.1, 0.15) is 30.1 Å². The molecule has 24 heavy (non-hydrogen) atoms. The Morgan fingerprint density at radius 2 is 2.21 bits per heavy atom. The molecule has 1 saturated heterocycles. The summed E-state index contributed by atoms with van der Waals surface area (Å²) in [5.41, 5.74) is 0.562. The molecule has 0 radical (unpaired) electrons. The van der Waals surface area contributed by atoms with Crippen LogP contribution in [0.4, 0.5) is 0 Å². The first-order valence-electron chi connectivity index (χ1n) is 8.21. The molecule has 128 valence electrons. The molecule has 0 aliphatic carbocycles. The molecule has 2 aromatic rings. The molecule has 0 spiro atoms. The van der Waals surface area contributed by atoms with Crippen LogP contribution in [0.5, 0.6) is 0 Å². The van der Waals surface area contributed by atoms with Crippen LogP contribution in [-0.4, -0.2) is 45.4 Å². The highest BCUT2D eigenvalue weighted by molar-refractivity contribution is 5.94. The number of amides is 2. The summed E-state index contributed by atoms with van der Waals surface area (Å²) in [6.07, 6.45) is 9.67. The van der Waals surface area contributed by atoms with Crippen molar-refractivity contribution in [2.75, 3.05) is 13.1 Å². The molecule has 0 saturated carbocycles. The van der Waals surface area contributed by atoms with E-state index in [2.05, 4.69) is 10.3 Å². The SMILES string of the molecule is C[C@H](Cn1ccnc1)NC(=O)C1CCN(C(=O)c2ccoc2)CC1. The lowest BCUT2D eigenvalue weighted by atomic mass is 9.95. The number of carbonyl (C=O) groups is 2. The zero-order valence-electron chi connectivity index (χ0n) is 13.7. The van der Waals surface area contributed by atoms with E-state index in [9.17, 15) is 9.59 Å². The normalized spacial score (nSPS) is 16.8. The van der Waals surface area contributed by atoms with Crippen LogP contribution in [0.3, 0.4) is 0 Å². The van der Waals surface area contributed by atoms with Gasteiger partial charge in [-0.1, -0.05) is 0 Å². The van der Waals surface area contributed by atoms with Gasteiger partial charge in [0.25, 0.3) is 5.91 Å². The van der Waals surface area contributed by atoms with Crippen LogP contribution in [0, 0.1) is 5.92 Å². The van der Waals surface area contributed by atoms with Crippen molar-refractivity contribution in [1.29, 1.82) is 0 Å². The molecule has 1 N–H and O–H groups in total. The van der Waals surface area contributed by atoms with Gasteiger partial charge in [0.1, 0.15) is 6.26 Å². The molecule has 0 aromatic carbocycles. The van der Waals surface area contributed by atoms with E-state index in [0.29, 0.717) is 38.0 Å². The molecule has 3 rings (SSSR count). The van der Waals surface area contributed by atoms with Gasteiger partial charge in [-0.15, -0.1) is 0 Å². The van der Waals surface area contributed by atoms with E-state index < -0.39 is 0 Å². The largest absolute Gasteiger partial charge is 0.472 e. The third kappa shape index (κ3) is 3.84. The van der Waals surface area contributed by atoms with Crippen molar-refractivity contribution in [3.05, 3.63) is 42.9 Å². The third-order valence-electron chi connectivity index (χ3n) is 4.35.